The smallest absolute Gasteiger partial charge is 0.328 e. The van der Waals surface area contributed by atoms with Crippen LogP contribution in [-0.4, -0.2) is 117 Å². The van der Waals surface area contributed by atoms with Crippen LogP contribution in [0.3, 0.4) is 0 Å². The number of imidazole rings is 1. The summed E-state index contributed by atoms with van der Waals surface area (Å²) in [5.41, 5.74) is 5.24. The minimum atomic E-state index is -0.835. The van der Waals surface area contributed by atoms with Gasteiger partial charge in [0.25, 0.3) is 5.91 Å². The molecule has 1 aliphatic rings. The Morgan fingerprint density at radius 1 is 0.948 bits per heavy atom. The number of aromatic nitrogens is 7. The quantitative estimate of drug-likeness (QED) is 0.126. The highest BCUT2D eigenvalue weighted by molar-refractivity contribution is 5.92. The Bertz CT molecular complexity index is 2390. The monoisotopic (exact) mass is 781 g/mol. The molecular weight excluding hydrogens is 739 g/mol. The molecule has 4 heterocycles. The number of methoxy groups -OCH3 is 2. The lowest BCUT2D eigenvalue weighted by Crippen LogP contribution is -2.48. The maximum atomic E-state index is 13.0. The Morgan fingerprint density at radius 2 is 1.76 bits per heavy atom. The summed E-state index contributed by atoms with van der Waals surface area (Å²) in [5.74, 6) is 1.73. The van der Waals surface area contributed by atoms with E-state index < -0.39 is 12.0 Å². The first-order valence-corrected chi connectivity index (χ1v) is 18.7. The fourth-order valence-electron chi connectivity index (χ4n) is 6.57. The van der Waals surface area contributed by atoms with E-state index >= 15 is 0 Å². The third-order valence-electron chi connectivity index (χ3n) is 9.73. The van der Waals surface area contributed by atoms with Crippen molar-refractivity contribution >= 4 is 46.4 Å². The number of aromatic amines is 1. The number of nitriles is 1. The van der Waals surface area contributed by atoms with Gasteiger partial charge in [-0.2, -0.15) is 20.2 Å². The van der Waals surface area contributed by atoms with Crippen molar-refractivity contribution in [3.63, 3.8) is 0 Å². The van der Waals surface area contributed by atoms with E-state index in [1.54, 1.807) is 37.6 Å². The molecule has 0 aliphatic carbocycles. The van der Waals surface area contributed by atoms with Crippen molar-refractivity contribution in [3.05, 3.63) is 114 Å². The largest absolute Gasteiger partial charge is 0.497 e. The highest BCUT2D eigenvalue weighted by Gasteiger charge is 2.24. The second kappa shape index (κ2) is 18.2. The number of ether oxygens (including phenoxy) is 2. The molecule has 1 atom stereocenters. The summed E-state index contributed by atoms with van der Waals surface area (Å²) in [6.07, 6.45) is 5.41. The number of hydrogen-bond acceptors (Lipinski definition) is 15. The van der Waals surface area contributed by atoms with Crippen LogP contribution in [0.15, 0.2) is 85.3 Å². The van der Waals surface area contributed by atoms with E-state index in [4.69, 9.17) is 24.4 Å². The maximum Gasteiger partial charge on any atom is 0.328 e. The molecule has 3 aromatic carbocycles. The van der Waals surface area contributed by atoms with Gasteiger partial charge in [-0.1, -0.05) is 24.3 Å². The molecule has 296 valence electrons. The van der Waals surface area contributed by atoms with Crippen LogP contribution in [0.4, 0.5) is 23.5 Å². The van der Waals surface area contributed by atoms with Gasteiger partial charge in [-0.15, -0.1) is 0 Å². The van der Waals surface area contributed by atoms with Crippen molar-refractivity contribution < 1.29 is 19.1 Å². The lowest BCUT2D eigenvalue weighted by Gasteiger charge is -2.34. The van der Waals surface area contributed by atoms with Gasteiger partial charge in [-0.25, -0.2) is 14.8 Å². The van der Waals surface area contributed by atoms with Gasteiger partial charge < -0.3 is 34.9 Å². The summed E-state index contributed by atoms with van der Waals surface area (Å²) in [5, 5.41) is 15.8. The Morgan fingerprint density at radius 3 is 2.50 bits per heavy atom. The van der Waals surface area contributed by atoms with Crippen molar-refractivity contribution in [2.45, 2.75) is 25.4 Å². The average molecular weight is 782 g/mol. The SMILES string of the molecule is COC(=O)[C@H](Cc1ccc(C#N)cc1)Nc1nc(Nc2cccc(CN3CCN(C(=O)c4cnccn4)CC3)c2)nc(N(C)CCc2nc3ccc(OC)cc3[nH]2)n1. The lowest BCUT2D eigenvalue weighted by atomic mass is 10.0. The van der Waals surface area contributed by atoms with E-state index in [9.17, 15) is 14.9 Å². The molecule has 0 radical (unpaired) electrons. The Hall–Kier alpha value is -7.19. The summed E-state index contributed by atoms with van der Waals surface area (Å²) in [6, 6.07) is 22.0. The van der Waals surface area contributed by atoms with Crippen LogP contribution >= 0.6 is 0 Å². The third-order valence-corrected chi connectivity index (χ3v) is 9.73. The van der Waals surface area contributed by atoms with Gasteiger partial charge in [-0.05, 0) is 47.5 Å². The van der Waals surface area contributed by atoms with E-state index in [1.165, 1.54) is 19.5 Å². The van der Waals surface area contributed by atoms with Crippen molar-refractivity contribution in [3.8, 4) is 11.8 Å². The van der Waals surface area contributed by atoms with Crippen LogP contribution < -0.4 is 20.3 Å². The molecule has 0 bridgehead atoms. The highest BCUT2D eigenvalue weighted by atomic mass is 16.5. The molecule has 17 nitrogen and oxygen atoms in total. The van der Waals surface area contributed by atoms with Crippen LogP contribution in [0.2, 0.25) is 0 Å². The molecule has 1 fully saturated rings. The first-order valence-electron chi connectivity index (χ1n) is 18.7. The number of esters is 1. The number of nitrogens with zero attached hydrogens (tertiary/aromatic N) is 10. The number of carbonyl (C=O) groups is 2. The molecule has 0 unspecified atom stereocenters. The molecule has 0 saturated carbocycles. The number of rotatable bonds is 15. The van der Waals surface area contributed by atoms with Crippen molar-refractivity contribution in [2.75, 3.05) is 69.5 Å². The third kappa shape index (κ3) is 9.78. The molecule has 0 spiro atoms. The van der Waals surface area contributed by atoms with Gasteiger partial charge in [0.2, 0.25) is 17.8 Å². The van der Waals surface area contributed by atoms with Gasteiger partial charge in [-0.3, -0.25) is 14.7 Å². The predicted octanol–water partition coefficient (Wildman–Crippen LogP) is 3.99. The summed E-state index contributed by atoms with van der Waals surface area (Å²) >= 11 is 0. The first-order chi connectivity index (χ1) is 28.3. The van der Waals surface area contributed by atoms with E-state index in [-0.39, 0.29) is 24.2 Å². The standard InChI is InChI=1S/C41H43N13O4/c1-52(16-13-36-46-32-12-11-31(57-2)23-33(32)47-36)41-50-39(49-40(51-41)48-34(38(56)58-3)22-27-7-9-28(24-42)10-8-27)45-30-6-4-5-29(21-30)26-53-17-19-54(20-18-53)37(55)35-25-43-14-15-44-35/h4-12,14-15,21,23,25,34H,13,16-20,22,26H2,1-3H3,(H,46,47)(H2,45,48,49,50,51)/t34-/m0/s1. The van der Waals surface area contributed by atoms with Crippen molar-refractivity contribution in [1.82, 2.24) is 44.7 Å². The van der Waals surface area contributed by atoms with Gasteiger partial charge >= 0.3 is 5.97 Å². The summed E-state index contributed by atoms with van der Waals surface area (Å²) in [7, 11) is 4.84. The Balaban J connectivity index is 1.08. The maximum absolute atomic E-state index is 13.0. The van der Waals surface area contributed by atoms with E-state index in [2.05, 4.69) is 47.6 Å². The van der Waals surface area contributed by atoms with Gasteiger partial charge in [0, 0.05) is 83.3 Å². The molecule has 3 N–H and O–H groups in total. The highest BCUT2D eigenvalue weighted by Crippen LogP contribution is 2.23. The van der Waals surface area contributed by atoms with Crippen molar-refractivity contribution in [2.24, 2.45) is 0 Å². The lowest BCUT2D eigenvalue weighted by molar-refractivity contribution is -0.141. The second-order valence-corrected chi connectivity index (χ2v) is 13.7. The topological polar surface area (TPSA) is 203 Å². The fourth-order valence-corrected chi connectivity index (χ4v) is 6.57. The zero-order valence-corrected chi connectivity index (χ0v) is 32.4. The normalized spacial score (nSPS) is 13.4. The van der Waals surface area contributed by atoms with Crippen LogP contribution in [0.5, 0.6) is 5.75 Å². The second-order valence-electron chi connectivity index (χ2n) is 13.7. The molecule has 1 saturated heterocycles. The molecule has 6 aromatic rings. The van der Waals surface area contributed by atoms with Crippen LogP contribution in [0.25, 0.3) is 11.0 Å². The number of H-pyrrole nitrogens is 1. The molecule has 7 rings (SSSR count). The number of benzene rings is 3. The molecule has 1 aliphatic heterocycles. The van der Waals surface area contributed by atoms with Crippen LogP contribution in [0, 0.1) is 11.3 Å². The number of piperazine rings is 1. The zero-order valence-electron chi connectivity index (χ0n) is 32.4. The Kier molecular flexibility index (Phi) is 12.2. The van der Waals surface area contributed by atoms with Gasteiger partial charge in [0.15, 0.2) is 0 Å². The van der Waals surface area contributed by atoms with E-state index in [0.717, 1.165) is 39.4 Å². The minimum absolute atomic E-state index is 0.113. The number of amides is 1. The van der Waals surface area contributed by atoms with Gasteiger partial charge in [0.1, 0.15) is 23.3 Å². The number of hydrogen-bond donors (Lipinski definition) is 3. The molecule has 17 heteroatoms. The Labute approximate surface area is 335 Å². The minimum Gasteiger partial charge on any atom is -0.497 e. The average Bonchev–Trinajstić information content (AvgIpc) is 3.68. The number of nitrogens with one attached hydrogen (secondary N) is 3. The number of fused-ring (bicyclic) bond motifs is 1. The molecule has 1 amide bonds. The number of anilines is 4. The molecule has 58 heavy (non-hydrogen) atoms. The summed E-state index contributed by atoms with van der Waals surface area (Å²) in [4.78, 5) is 62.4. The van der Waals surface area contributed by atoms with Crippen LogP contribution in [0.1, 0.15) is 33.0 Å². The first kappa shape index (κ1) is 39.1. The van der Waals surface area contributed by atoms with E-state index in [0.29, 0.717) is 62.9 Å². The number of carbonyl (C=O) groups excluding carboxylic acids is 2. The van der Waals surface area contributed by atoms with Crippen molar-refractivity contribution in [1.29, 1.82) is 5.26 Å². The summed E-state index contributed by atoms with van der Waals surface area (Å²) in [6.45, 7) is 3.81. The number of likely N-dealkylation sites (N-methyl/N-ethyl adjacent to an activating group) is 1. The fraction of sp³-hybridized carbons (Fsp3) is 0.293. The zero-order chi connectivity index (χ0) is 40.4. The summed E-state index contributed by atoms with van der Waals surface area (Å²) < 4.78 is 10.5. The van der Waals surface area contributed by atoms with Gasteiger partial charge in [0.05, 0.1) is 43.1 Å². The van der Waals surface area contributed by atoms with E-state index in [1.807, 2.05) is 53.2 Å². The predicted molar refractivity (Wildman–Crippen MR) is 217 cm³/mol. The molecule has 3 aromatic heterocycles. The molecular formula is C41H43N13O4. The van der Waals surface area contributed by atoms with Crippen LogP contribution in [-0.2, 0) is 28.9 Å².